The molecule has 1 N–H and O–H groups in total. The summed E-state index contributed by atoms with van der Waals surface area (Å²) >= 11 is 1.24. The topological polar surface area (TPSA) is 85.1 Å². The number of nitro benzene ring substituents is 1. The Bertz CT molecular complexity index is 638. The molecule has 1 atom stereocenters. The summed E-state index contributed by atoms with van der Waals surface area (Å²) in [5, 5.41) is 13.9. The molecule has 2 rings (SSSR count). The van der Waals surface area contributed by atoms with E-state index < -0.39 is 4.92 Å². The SMILES string of the molecule is CC[C@@H](C)C(=O)Nc1nc2ccc([N+](=O)[O-])cc2s1. The van der Waals surface area contributed by atoms with Crippen LogP contribution >= 0.6 is 11.3 Å². The highest BCUT2D eigenvalue weighted by Gasteiger charge is 2.14. The molecular weight excluding hydrogens is 266 g/mol. The first kappa shape index (κ1) is 13.4. The average Bonchev–Trinajstić information content (AvgIpc) is 2.78. The van der Waals surface area contributed by atoms with E-state index in [2.05, 4.69) is 10.3 Å². The number of carbonyl (C=O) groups is 1. The molecule has 0 aliphatic carbocycles. The van der Waals surface area contributed by atoms with Crippen LogP contribution in [0.25, 0.3) is 10.2 Å². The molecule has 1 amide bonds. The number of aromatic nitrogens is 1. The standard InChI is InChI=1S/C12H13N3O3S/c1-3-7(2)11(16)14-12-13-9-5-4-8(15(17)18)6-10(9)19-12/h4-7H,3H2,1-2H3,(H,13,14,16)/t7-/m1/s1. The fraction of sp³-hybridized carbons (Fsp3) is 0.333. The Labute approximate surface area is 113 Å². The Morgan fingerprint density at radius 2 is 2.32 bits per heavy atom. The number of amides is 1. The monoisotopic (exact) mass is 279 g/mol. The van der Waals surface area contributed by atoms with Crippen molar-refractivity contribution in [3.05, 3.63) is 28.3 Å². The van der Waals surface area contributed by atoms with Crippen molar-refractivity contribution in [1.82, 2.24) is 4.98 Å². The fourth-order valence-electron chi connectivity index (χ4n) is 1.49. The van der Waals surface area contributed by atoms with Crippen LogP contribution in [0.3, 0.4) is 0 Å². The van der Waals surface area contributed by atoms with Crippen LogP contribution in [0.1, 0.15) is 20.3 Å². The van der Waals surface area contributed by atoms with Gasteiger partial charge in [0.15, 0.2) is 5.13 Å². The van der Waals surface area contributed by atoms with Crippen molar-refractivity contribution in [2.24, 2.45) is 5.92 Å². The van der Waals surface area contributed by atoms with E-state index in [0.717, 1.165) is 6.42 Å². The van der Waals surface area contributed by atoms with E-state index in [4.69, 9.17) is 0 Å². The third kappa shape index (κ3) is 2.87. The zero-order valence-electron chi connectivity index (χ0n) is 10.5. The number of hydrogen-bond acceptors (Lipinski definition) is 5. The van der Waals surface area contributed by atoms with Crippen molar-refractivity contribution in [3.8, 4) is 0 Å². The van der Waals surface area contributed by atoms with Gasteiger partial charge in [-0.05, 0) is 12.5 Å². The molecule has 1 aromatic heterocycles. The predicted molar refractivity (Wildman–Crippen MR) is 74.4 cm³/mol. The van der Waals surface area contributed by atoms with Crippen LogP contribution in [0.15, 0.2) is 18.2 Å². The second kappa shape index (κ2) is 5.31. The van der Waals surface area contributed by atoms with E-state index in [0.29, 0.717) is 15.3 Å². The first-order valence-corrected chi connectivity index (χ1v) is 6.68. The van der Waals surface area contributed by atoms with Crippen molar-refractivity contribution < 1.29 is 9.72 Å². The second-order valence-corrected chi connectivity index (χ2v) is 5.26. The summed E-state index contributed by atoms with van der Waals surface area (Å²) in [6.07, 6.45) is 0.752. The fourth-order valence-corrected chi connectivity index (χ4v) is 2.40. The van der Waals surface area contributed by atoms with Crippen LogP contribution < -0.4 is 5.32 Å². The zero-order chi connectivity index (χ0) is 14.0. The van der Waals surface area contributed by atoms with Gasteiger partial charge >= 0.3 is 0 Å². The third-order valence-electron chi connectivity index (χ3n) is 2.87. The van der Waals surface area contributed by atoms with Gasteiger partial charge in [0.05, 0.1) is 15.1 Å². The van der Waals surface area contributed by atoms with Gasteiger partial charge in [-0.25, -0.2) is 4.98 Å². The summed E-state index contributed by atoms with van der Waals surface area (Å²) in [7, 11) is 0. The van der Waals surface area contributed by atoms with E-state index >= 15 is 0 Å². The number of nitro groups is 1. The minimum absolute atomic E-state index is 0.0240. The van der Waals surface area contributed by atoms with Gasteiger partial charge in [0.1, 0.15) is 0 Å². The lowest BCUT2D eigenvalue weighted by molar-refractivity contribution is -0.384. The molecular formula is C12H13N3O3S. The number of nitrogens with zero attached hydrogens (tertiary/aromatic N) is 2. The van der Waals surface area contributed by atoms with Crippen LogP contribution in [-0.2, 0) is 4.79 Å². The molecule has 0 bridgehead atoms. The maximum absolute atomic E-state index is 11.7. The largest absolute Gasteiger partial charge is 0.302 e. The Balaban J connectivity index is 2.26. The van der Waals surface area contributed by atoms with Gasteiger partial charge in [-0.2, -0.15) is 0 Å². The maximum atomic E-state index is 11.7. The molecule has 0 radical (unpaired) electrons. The summed E-state index contributed by atoms with van der Waals surface area (Å²) in [6.45, 7) is 3.78. The van der Waals surface area contributed by atoms with Gasteiger partial charge in [0.2, 0.25) is 5.91 Å². The molecule has 0 aliphatic heterocycles. The maximum Gasteiger partial charge on any atom is 0.270 e. The summed E-state index contributed by atoms with van der Waals surface area (Å²) in [5.74, 6) is -0.169. The van der Waals surface area contributed by atoms with E-state index in [-0.39, 0.29) is 17.5 Å². The van der Waals surface area contributed by atoms with Gasteiger partial charge < -0.3 is 5.32 Å². The molecule has 100 valence electrons. The highest BCUT2D eigenvalue weighted by molar-refractivity contribution is 7.22. The minimum atomic E-state index is -0.448. The van der Waals surface area contributed by atoms with Crippen LogP contribution in [0.4, 0.5) is 10.8 Å². The Morgan fingerprint density at radius 1 is 1.58 bits per heavy atom. The van der Waals surface area contributed by atoms with Crippen molar-refractivity contribution >= 4 is 38.3 Å². The van der Waals surface area contributed by atoms with Crippen LogP contribution in [0, 0.1) is 16.0 Å². The van der Waals surface area contributed by atoms with Crippen molar-refractivity contribution in [3.63, 3.8) is 0 Å². The first-order chi connectivity index (χ1) is 9.01. The molecule has 0 unspecified atom stereocenters. The Hall–Kier alpha value is -2.02. The lowest BCUT2D eigenvalue weighted by Crippen LogP contribution is -2.19. The molecule has 0 fully saturated rings. The number of fused-ring (bicyclic) bond motifs is 1. The van der Waals surface area contributed by atoms with Gasteiger partial charge in [-0.3, -0.25) is 14.9 Å². The molecule has 7 heteroatoms. The van der Waals surface area contributed by atoms with E-state index in [9.17, 15) is 14.9 Å². The summed E-state index contributed by atoms with van der Waals surface area (Å²) in [5.41, 5.74) is 0.672. The number of rotatable bonds is 4. The minimum Gasteiger partial charge on any atom is -0.302 e. The normalized spacial score (nSPS) is 12.3. The molecule has 0 aliphatic rings. The molecule has 1 aromatic carbocycles. The quantitative estimate of drug-likeness (QED) is 0.688. The molecule has 0 saturated heterocycles. The van der Waals surface area contributed by atoms with E-state index in [1.807, 2.05) is 13.8 Å². The first-order valence-electron chi connectivity index (χ1n) is 5.87. The number of nitrogens with one attached hydrogen (secondary N) is 1. The molecule has 2 aromatic rings. The summed E-state index contributed by atoms with van der Waals surface area (Å²) in [6, 6.07) is 4.46. The number of anilines is 1. The molecule has 19 heavy (non-hydrogen) atoms. The van der Waals surface area contributed by atoms with Crippen molar-refractivity contribution in [2.75, 3.05) is 5.32 Å². The van der Waals surface area contributed by atoms with E-state index in [1.54, 1.807) is 6.07 Å². The highest BCUT2D eigenvalue weighted by atomic mass is 32.1. The Kier molecular flexibility index (Phi) is 3.75. The average molecular weight is 279 g/mol. The number of benzene rings is 1. The molecule has 0 spiro atoms. The number of non-ortho nitro benzene ring substituents is 1. The lowest BCUT2D eigenvalue weighted by atomic mass is 10.1. The Morgan fingerprint density at radius 3 is 2.95 bits per heavy atom. The molecule has 1 heterocycles. The van der Waals surface area contributed by atoms with Crippen molar-refractivity contribution in [2.45, 2.75) is 20.3 Å². The number of hydrogen-bond donors (Lipinski definition) is 1. The van der Waals surface area contributed by atoms with E-state index in [1.165, 1.54) is 23.5 Å². The zero-order valence-corrected chi connectivity index (χ0v) is 11.4. The van der Waals surface area contributed by atoms with Crippen LogP contribution in [0.2, 0.25) is 0 Å². The number of thiazole rings is 1. The van der Waals surface area contributed by atoms with Crippen LogP contribution in [-0.4, -0.2) is 15.8 Å². The summed E-state index contributed by atoms with van der Waals surface area (Å²) < 4.78 is 0.689. The predicted octanol–water partition coefficient (Wildman–Crippen LogP) is 3.19. The van der Waals surface area contributed by atoms with Crippen molar-refractivity contribution in [1.29, 1.82) is 0 Å². The van der Waals surface area contributed by atoms with Gasteiger partial charge in [-0.1, -0.05) is 25.2 Å². The lowest BCUT2D eigenvalue weighted by Gasteiger charge is -2.06. The highest BCUT2D eigenvalue weighted by Crippen LogP contribution is 2.29. The third-order valence-corrected chi connectivity index (χ3v) is 3.81. The van der Waals surface area contributed by atoms with Crippen LogP contribution in [0.5, 0.6) is 0 Å². The number of carbonyl (C=O) groups excluding carboxylic acids is 1. The van der Waals surface area contributed by atoms with Gasteiger partial charge in [0, 0.05) is 18.1 Å². The second-order valence-electron chi connectivity index (χ2n) is 4.23. The molecule has 0 saturated carbocycles. The smallest absolute Gasteiger partial charge is 0.270 e. The van der Waals surface area contributed by atoms with Gasteiger partial charge in [-0.15, -0.1) is 0 Å². The molecule has 6 nitrogen and oxygen atoms in total. The summed E-state index contributed by atoms with van der Waals surface area (Å²) in [4.78, 5) is 26.2. The van der Waals surface area contributed by atoms with Gasteiger partial charge in [0.25, 0.3) is 5.69 Å².